The predicted molar refractivity (Wildman–Crippen MR) is 112 cm³/mol. The molecule has 0 amide bonds. The third-order valence-electron chi connectivity index (χ3n) is 5.64. The maximum atomic E-state index is 10.1. The van der Waals surface area contributed by atoms with Gasteiger partial charge < -0.3 is 23.3 Å². The van der Waals surface area contributed by atoms with Gasteiger partial charge in [-0.05, 0) is 41.5 Å². The molecule has 0 aliphatic rings. The van der Waals surface area contributed by atoms with Gasteiger partial charge in [-0.1, -0.05) is 12.2 Å². The van der Waals surface area contributed by atoms with Crippen LogP contribution in [0.3, 0.4) is 0 Å². The van der Waals surface area contributed by atoms with E-state index >= 15 is 0 Å². The molecule has 5 nitrogen and oxygen atoms in total. The molecule has 0 saturated heterocycles. The van der Waals surface area contributed by atoms with E-state index in [0.717, 1.165) is 12.8 Å². The van der Waals surface area contributed by atoms with Gasteiger partial charge in [-0.3, -0.25) is 0 Å². The summed E-state index contributed by atoms with van der Waals surface area (Å²) < 4.78 is 21.1. The van der Waals surface area contributed by atoms with Gasteiger partial charge in [0, 0.05) is 12.8 Å². The van der Waals surface area contributed by atoms with Crippen molar-refractivity contribution in [1.29, 1.82) is 0 Å². The van der Waals surface area contributed by atoms with E-state index in [0.29, 0.717) is 0 Å². The van der Waals surface area contributed by atoms with Crippen LogP contribution in [0.15, 0.2) is 25.3 Å². The molecular formula is C20H44FN2O3P. The molecule has 0 rings (SSSR count). The van der Waals surface area contributed by atoms with Crippen LogP contribution in [-0.2, 0) is 4.57 Å². The molecule has 0 radical (unpaired) electrons. The monoisotopic (exact) mass is 410 g/mol. The van der Waals surface area contributed by atoms with Crippen LogP contribution >= 0.6 is 7.91 Å². The largest absolute Gasteiger partial charge is 0.786 e. The van der Waals surface area contributed by atoms with E-state index in [1.165, 1.54) is 61.3 Å². The Bertz CT molecular complexity index is 353. The number of rotatable bonds is 12. The van der Waals surface area contributed by atoms with Crippen LogP contribution in [0.4, 0.5) is 4.20 Å². The second-order valence-electron chi connectivity index (χ2n) is 6.61. The highest BCUT2D eigenvalue weighted by atomic mass is 31.2. The Morgan fingerprint density at radius 2 is 0.926 bits per heavy atom. The summed E-state index contributed by atoms with van der Waals surface area (Å²) in [6, 6.07) is 0. The van der Waals surface area contributed by atoms with Crippen LogP contribution in [-0.4, -0.2) is 61.3 Å². The Labute approximate surface area is 168 Å². The van der Waals surface area contributed by atoms with Gasteiger partial charge in [0.25, 0.3) is 0 Å². The third-order valence-corrected chi connectivity index (χ3v) is 5.64. The number of halogens is 1. The highest BCUT2D eigenvalue weighted by Crippen LogP contribution is 2.22. The molecule has 0 atom stereocenters. The molecule has 0 spiro atoms. The van der Waals surface area contributed by atoms with Crippen LogP contribution in [0.25, 0.3) is 0 Å². The standard InChI is InChI=1S/2C10H22N.FH2O3P/c2*1-5-9-10-11(6-2,7-3)8-4;1-5(2,3)4/h2*5H,1,6-10H2,2-4H3;(H2,2,3,4)/q2*+1;/p-2. The van der Waals surface area contributed by atoms with E-state index in [2.05, 4.69) is 54.7 Å². The topological polar surface area (TPSA) is 63.2 Å². The first-order valence-corrected chi connectivity index (χ1v) is 11.6. The summed E-state index contributed by atoms with van der Waals surface area (Å²) in [6.45, 7) is 31.2. The zero-order valence-electron chi connectivity index (χ0n) is 18.6. The molecule has 0 aromatic carbocycles. The second-order valence-corrected chi connectivity index (χ2v) is 7.47. The summed E-state index contributed by atoms with van der Waals surface area (Å²) in [4.78, 5) is 16.9. The maximum absolute atomic E-state index is 10.1. The summed E-state index contributed by atoms with van der Waals surface area (Å²) in [5, 5.41) is 0. The van der Waals surface area contributed by atoms with Crippen molar-refractivity contribution in [3.05, 3.63) is 25.3 Å². The first-order valence-electron chi connectivity index (χ1n) is 10.1. The first-order chi connectivity index (χ1) is 12.5. The van der Waals surface area contributed by atoms with E-state index in [4.69, 9.17) is 14.4 Å². The smallest absolute Gasteiger partial charge is 0.110 e. The quantitative estimate of drug-likeness (QED) is 0.280. The Balaban J connectivity index is -0.000000344. The SMILES string of the molecule is C=CCC[N+](CC)(CC)CC.C=CCC[N+](CC)(CC)CC.O=P([O-])([O-])F. The molecule has 0 fully saturated rings. The lowest BCUT2D eigenvalue weighted by molar-refractivity contribution is -0.922. The number of hydrogen-bond donors (Lipinski definition) is 0. The predicted octanol–water partition coefficient (Wildman–Crippen LogP) is 3.66. The Kier molecular flexibility index (Phi) is 20.3. The van der Waals surface area contributed by atoms with Gasteiger partial charge in [0.1, 0.15) is 7.91 Å². The molecule has 0 bridgehead atoms. The molecule has 0 aliphatic heterocycles. The van der Waals surface area contributed by atoms with Gasteiger partial charge >= 0.3 is 0 Å². The highest BCUT2D eigenvalue weighted by molar-refractivity contribution is 7.42. The Morgan fingerprint density at radius 3 is 1.04 bits per heavy atom. The van der Waals surface area contributed by atoms with E-state index in [1.54, 1.807) is 0 Å². The lowest BCUT2D eigenvalue weighted by Gasteiger charge is -2.35. The zero-order valence-corrected chi connectivity index (χ0v) is 19.5. The molecule has 7 heteroatoms. The average molecular weight is 411 g/mol. The van der Waals surface area contributed by atoms with Crippen LogP contribution in [0.1, 0.15) is 54.4 Å². The summed E-state index contributed by atoms with van der Waals surface area (Å²) >= 11 is 0. The molecule has 0 unspecified atom stereocenters. The van der Waals surface area contributed by atoms with E-state index < -0.39 is 7.91 Å². The molecule has 27 heavy (non-hydrogen) atoms. The third kappa shape index (κ3) is 18.6. The van der Waals surface area contributed by atoms with Gasteiger partial charge in [0.05, 0.1) is 52.4 Å². The molecule has 0 saturated carbocycles. The van der Waals surface area contributed by atoms with Crippen molar-refractivity contribution in [2.75, 3.05) is 52.4 Å². The van der Waals surface area contributed by atoms with Gasteiger partial charge in [-0.25, -0.2) is 4.20 Å². The minimum atomic E-state index is -5.64. The first kappa shape index (κ1) is 31.2. The second kappa shape index (κ2) is 17.6. The molecule has 0 aromatic rings. The molecule has 0 aromatic heterocycles. The van der Waals surface area contributed by atoms with Gasteiger partial charge in [-0.2, -0.15) is 0 Å². The normalized spacial score (nSPS) is 11.6. The van der Waals surface area contributed by atoms with Crippen molar-refractivity contribution in [2.24, 2.45) is 0 Å². The van der Waals surface area contributed by atoms with Crippen molar-refractivity contribution < 1.29 is 27.5 Å². The fourth-order valence-corrected chi connectivity index (χ4v) is 3.02. The molecule has 0 heterocycles. The van der Waals surface area contributed by atoms with E-state index in [9.17, 15) is 4.20 Å². The number of hydrogen-bond acceptors (Lipinski definition) is 3. The van der Waals surface area contributed by atoms with Gasteiger partial charge in [0.2, 0.25) is 0 Å². The summed E-state index contributed by atoms with van der Waals surface area (Å²) in [7, 11) is -5.64. The summed E-state index contributed by atoms with van der Waals surface area (Å²) in [5.74, 6) is 0. The van der Waals surface area contributed by atoms with Crippen molar-refractivity contribution in [1.82, 2.24) is 0 Å². The van der Waals surface area contributed by atoms with Gasteiger partial charge in [-0.15, -0.1) is 13.2 Å². The minimum absolute atomic E-state index is 1.15. The summed E-state index contributed by atoms with van der Waals surface area (Å²) in [5.41, 5.74) is 0. The van der Waals surface area contributed by atoms with Crippen LogP contribution < -0.4 is 9.79 Å². The van der Waals surface area contributed by atoms with Crippen LogP contribution in [0.2, 0.25) is 0 Å². The van der Waals surface area contributed by atoms with Crippen molar-refractivity contribution in [3.8, 4) is 0 Å². The molecule has 0 N–H and O–H groups in total. The Morgan fingerprint density at radius 1 is 0.741 bits per heavy atom. The number of quaternary nitrogens is 2. The Hall–Kier alpha value is -0.520. The van der Waals surface area contributed by atoms with E-state index in [1.807, 2.05) is 12.2 Å². The van der Waals surface area contributed by atoms with Crippen LogP contribution in [0.5, 0.6) is 0 Å². The number of nitrogens with zero attached hydrogens (tertiary/aromatic N) is 2. The fraction of sp³-hybridized carbons (Fsp3) is 0.800. The van der Waals surface area contributed by atoms with Crippen molar-refractivity contribution >= 4 is 7.91 Å². The van der Waals surface area contributed by atoms with Crippen molar-refractivity contribution in [2.45, 2.75) is 54.4 Å². The molecular weight excluding hydrogens is 366 g/mol. The van der Waals surface area contributed by atoms with E-state index in [-0.39, 0.29) is 0 Å². The fourth-order valence-electron chi connectivity index (χ4n) is 3.02. The minimum Gasteiger partial charge on any atom is -0.786 e. The zero-order chi connectivity index (χ0) is 22.0. The van der Waals surface area contributed by atoms with Crippen LogP contribution in [0, 0.1) is 0 Å². The molecule has 164 valence electrons. The van der Waals surface area contributed by atoms with Gasteiger partial charge in [0.15, 0.2) is 0 Å². The highest BCUT2D eigenvalue weighted by Gasteiger charge is 2.19. The van der Waals surface area contributed by atoms with Crippen molar-refractivity contribution in [3.63, 3.8) is 0 Å². The lowest BCUT2D eigenvalue weighted by Crippen LogP contribution is -2.47. The average Bonchev–Trinajstić information content (AvgIpc) is 2.64. The summed E-state index contributed by atoms with van der Waals surface area (Å²) in [6.07, 6.45) is 6.34. The molecule has 0 aliphatic carbocycles. The maximum Gasteiger partial charge on any atom is 0.110 e. The lowest BCUT2D eigenvalue weighted by atomic mass is 10.3.